The van der Waals surface area contributed by atoms with Crippen LogP contribution in [-0.2, 0) is 11.3 Å². The van der Waals surface area contributed by atoms with Gasteiger partial charge in [-0.2, -0.15) is 0 Å². The summed E-state index contributed by atoms with van der Waals surface area (Å²) in [6.07, 6.45) is 3.95. The number of ether oxygens (including phenoxy) is 1. The molecule has 2 aliphatic rings. The molecule has 1 amide bonds. The fourth-order valence-corrected chi connectivity index (χ4v) is 4.47. The van der Waals surface area contributed by atoms with Crippen molar-refractivity contribution in [1.82, 2.24) is 19.6 Å². The summed E-state index contributed by atoms with van der Waals surface area (Å²) >= 11 is 0. The number of piperidine rings is 1. The van der Waals surface area contributed by atoms with E-state index in [4.69, 9.17) is 4.74 Å². The third-order valence-corrected chi connectivity index (χ3v) is 6.38. The Hall–Kier alpha value is -1.63. The molecule has 0 unspecified atom stereocenters. The molecule has 1 aromatic rings. The Morgan fingerprint density at radius 3 is 2.06 bits per heavy atom. The predicted molar refractivity (Wildman–Crippen MR) is 126 cm³/mol. The molecule has 2 heterocycles. The van der Waals surface area contributed by atoms with E-state index < -0.39 is 0 Å². The second kappa shape index (κ2) is 13.0. The van der Waals surface area contributed by atoms with Crippen molar-refractivity contribution in [2.45, 2.75) is 39.7 Å². The highest BCUT2D eigenvalue weighted by Crippen LogP contribution is 2.10. The molecule has 2 aliphatic heterocycles. The van der Waals surface area contributed by atoms with Gasteiger partial charge in [0, 0.05) is 58.9 Å². The lowest BCUT2D eigenvalue weighted by Crippen LogP contribution is -2.50. The highest BCUT2D eigenvalue weighted by Gasteiger charge is 2.21. The lowest BCUT2D eigenvalue weighted by molar-refractivity contribution is 0.0771. The molecule has 31 heavy (non-hydrogen) atoms. The monoisotopic (exact) mass is 430 g/mol. The molecule has 174 valence electrons. The summed E-state index contributed by atoms with van der Waals surface area (Å²) < 4.78 is 5.59. The quantitative estimate of drug-likeness (QED) is 0.569. The lowest BCUT2D eigenvalue weighted by atomic mass is 10.1. The molecule has 0 spiro atoms. The van der Waals surface area contributed by atoms with E-state index >= 15 is 0 Å². The number of carbonyl (C=O) groups is 1. The van der Waals surface area contributed by atoms with E-state index in [2.05, 4.69) is 28.5 Å². The van der Waals surface area contributed by atoms with Crippen molar-refractivity contribution in [3.05, 3.63) is 35.9 Å². The van der Waals surface area contributed by atoms with Gasteiger partial charge >= 0.3 is 6.09 Å². The molecule has 0 aliphatic carbocycles. The minimum atomic E-state index is -0.197. The molecule has 2 fully saturated rings. The summed E-state index contributed by atoms with van der Waals surface area (Å²) in [5, 5.41) is 0. The van der Waals surface area contributed by atoms with Crippen molar-refractivity contribution in [1.29, 1.82) is 0 Å². The number of hydrogen-bond acceptors (Lipinski definition) is 5. The number of rotatable bonds is 10. The Bertz CT molecular complexity index is 626. The first-order valence-corrected chi connectivity index (χ1v) is 12.2. The molecule has 0 radical (unpaired) electrons. The summed E-state index contributed by atoms with van der Waals surface area (Å²) in [6.45, 7) is 16.5. The Kier molecular flexibility index (Phi) is 10.1. The fraction of sp³-hybridized carbons (Fsp3) is 0.720. The number of benzene rings is 1. The molecular formula is C25H42N4O2. The van der Waals surface area contributed by atoms with Gasteiger partial charge in [-0.15, -0.1) is 0 Å². The van der Waals surface area contributed by atoms with Gasteiger partial charge in [-0.05, 0) is 37.4 Å². The van der Waals surface area contributed by atoms with Crippen molar-refractivity contribution < 1.29 is 9.53 Å². The fourth-order valence-electron chi connectivity index (χ4n) is 4.47. The zero-order chi connectivity index (χ0) is 21.9. The van der Waals surface area contributed by atoms with E-state index in [9.17, 15) is 4.79 Å². The molecule has 6 nitrogen and oxygen atoms in total. The summed E-state index contributed by atoms with van der Waals surface area (Å²) in [5.41, 5.74) is 1.03. The Morgan fingerprint density at radius 2 is 1.45 bits per heavy atom. The molecule has 1 aromatic carbocycles. The minimum absolute atomic E-state index is 0.197. The van der Waals surface area contributed by atoms with Gasteiger partial charge in [-0.25, -0.2) is 4.79 Å². The number of piperazine rings is 1. The zero-order valence-corrected chi connectivity index (χ0v) is 19.7. The Morgan fingerprint density at radius 1 is 0.871 bits per heavy atom. The summed E-state index contributed by atoms with van der Waals surface area (Å²) in [7, 11) is 0. The largest absolute Gasteiger partial charge is 0.445 e. The SMILES string of the molecule is CC(C)CN(CCN1CCN(CCN2CCCCC2)CC1)C(=O)OCc1ccccc1. The van der Waals surface area contributed by atoms with Crippen LogP contribution in [0, 0.1) is 5.92 Å². The number of carbonyl (C=O) groups excluding carboxylic acids is 1. The van der Waals surface area contributed by atoms with Gasteiger partial charge in [0.05, 0.1) is 0 Å². The Balaban J connectivity index is 1.36. The first kappa shape index (κ1) is 24.0. The molecule has 6 heteroatoms. The van der Waals surface area contributed by atoms with E-state index in [1.54, 1.807) is 0 Å². The summed E-state index contributed by atoms with van der Waals surface area (Å²) in [6, 6.07) is 9.90. The van der Waals surface area contributed by atoms with Crippen LogP contribution in [0.3, 0.4) is 0 Å². The van der Waals surface area contributed by atoms with Crippen LogP contribution < -0.4 is 0 Å². The molecule has 3 rings (SSSR count). The highest BCUT2D eigenvalue weighted by atomic mass is 16.6. The maximum absolute atomic E-state index is 12.7. The van der Waals surface area contributed by atoms with E-state index in [0.717, 1.165) is 51.4 Å². The van der Waals surface area contributed by atoms with Crippen LogP contribution in [0.15, 0.2) is 30.3 Å². The van der Waals surface area contributed by atoms with Crippen LogP contribution in [0.25, 0.3) is 0 Å². The third-order valence-electron chi connectivity index (χ3n) is 6.38. The number of amides is 1. The maximum atomic E-state index is 12.7. The minimum Gasteiger partial charge on any atom is -0.445 e. The van der Waals surface area contributed by atoms with Crippen LogP contribution in [0.1, 0.15) is 38.7 Å². The van der Waals surface area contributed by atoms with Crippen molar-refractivity contribution >= 4 is 6.09 Å². The standard InChI is InChI=1S/C25H42N4O2/c1-23(2)21-29(25(30)31-22-24-9-5-3-6-10-24)20-19-28-17-15-27(16-18-28)14-13-26-11-7-4-8-12-26/h3,5-6,9-10,23H,4,7-8,11-22H2,1-2H3. The molecule has 0 saturated carbocycles. The van der Waals surface area contributed by atoms with Crippen LogP contribution in [0.4, 0.5) is 4.79 Å². The first-order valence-electron chi connectivity index (χ1n) is 12.2. The molecule has 2 saturated heterocycles. The number of likely N-dealkylation sites (tertiary alicyclic amines) is 1. The summed E-state index contributed by atoms with van der Waals surface area (Å²) in [5.74, 6) is 0.427. The van der Waals surface area contributed by atoms with Crippen molar-refractivity contribution in [2.24, 2.45) is 5.92 Å². The molecule has 0 atom stereocenters. The first-order chi connectivity index (χ1) is 15.1. The van der Waals surface area contributed by atoms with Gasteiger partial charge in [0.1, 0.15) is 6.61 Å². The van der Waals surface area contributed by atoms with Gasteiger partial charge in [0.15, 0.2) is 0 Å². The second-order valence-corrected chi connectivity index (χ2v) is 9.47. The second-order valence-electron chi connectivity index (χ2n) is 9.47. The van der Waals surface area contributed by atoms with Crippen molar-refractivity contribution in [3.63, 3.8) is 0 Å². The van der Waals surface area contributed by atoms with E-state index in [1.165, 1.54) is 45.4 Å². The molecular weight excluding hydrogens is 388 g/mol. The maximum Gasteiger partial charge on any atom is 0.410 e. The van der Waals surface area contributed by atoms with Gasteiger partial charge in [0.25, 0.3) is 0 Å². The highest BCUT2D eigenvalue weighted by molar-refractivity contribution is 5.67. The lowest BCUT2D eigenvalue weighted by Gasteiger charge is -2.37. The molecule has 0 bridgehead atoms. The van der Waals surface area contributed by atoms with Crippen LogP contribution in [-0.4, -0.2) is 97.7 Å². The van der Waals surface area contributed by atoms with Crippen LogP contribution in [0.5, 0.6) is 0 Å². The third kappa shape index (κ3) is 8.79. The average molecular weight is 431 g/mol. The zero-order valence-electron chi connectivity index (χ0n) is 19.7. The molecule has 0 N–H and O–H groups in total. The molecule has 0 aromatic heterocycles. The number of nitrogens with zero attached hydrogens (tertiary/aromatic N) is 4. The topological polar surface area (TPSA) is 39.3 Å². The van der Waals surface area contributed by atoms with E-state index in [0.29, 0.717) is 12.5 Å². The smallest absolute Gasteiger partial charge is 0.410 e. The van der Waals surface area contributed by atoms with E-state index in [1.807, 2.05) is 35.2 Å². The Labute approximate surface area is 189 Å². The van der Waals surface area contributed by atoms with Gasteiger partial charge in [0.2, 0.25) is 0 Å². The van der Waals surface area contributed by atoms with E-state index in [-0.39, 0.29) is 6.09 Å². The van der Waals surface area contributed by atoms with Crippen molar-refractivity contribution in [2.75, 3.05) is 72.0 Å². The van der Waals surface area contributed by atoms with Gasteiger partial charge < -0.3 is 14.5 Å². The predicted octanol–water partition coefficient (Wildman–Crippen LogP) is 3.38. The van der Waals surface area contributed by atoms with Gasteiger partial charge in [-0.1, -0.05) is 50.6 Å². The van der Waals surface area contributed by atoms with Crippen LogP contribution in [0.2, 0.25) is 0 Å². The number of hydrogen-bond donors (Lipinski definition) is 0. The average Bonchev–Trinajstić information content (AvgIpc) is 2.80. The normalized spacial score (nSPS) is 18.9. The summed E-state index contributed by atoms with van der Waals surface area (Å²) in [4.78, 5) is 22.3. The van der Waals surface area contributed by atoms with Gasteiger partial charge in [-0.3, -0.25) is 9.80 Å². The van der Waals surface area contributed by atoms with Crippen LogP contribution >= 0.6 is 0 Å². The van der Waals surface area contributed by atoms with Crippen molar-refractivity contribution in [3.8, 4) is 0 Å².